The van der Waals surface area contributed by atoms with Gasteiger partial charge in [-0.1, -0.05) is 167 Å². The summed E-state index contributed by atoms with van der Waals surface area (Å²) in [6.07, 6.45) is 26.9. The SMILES string of the molecule is CCCCCCCCC/C=C\CCCCC(O)C(=O)NC(COC1OC(CO)C(O)C(O)C1O)C(O)CCCCCCCCCCCCCCCCC. The molecule has 1 heterocycles. The molecule has 0 spiro atoms. The first-order valence-electron chi connectivity index (χ1n) is 22.0. The maximum Gasteiger partial charge on any atom is 0.249 e. The highest BCUT2D eigenvalue weighted by Crippen LogP contribution is 2.23. The van der Waals surface area contributed by atoms with Gasteiger partial charge in [0.25, 0.3) is 0 Å². The standard InChI is InChI=1S/C43H83NO9/c1-3-5-7-9-11-13-15-17-18-20-21-23-25-27-29-31-36(46)35(34-52-43-41(50)40(49)39(48)38(33-45)53-43)44-42(51)37(47)32-30-28-26-24-22-19-16-14-12-10-8-6-4-2/h22,24,35-41,43,45-50H,3-21,23,25-34H2,1-2H3,(H,44,51)/b24-22-. The third-order valence-corrected chi connectivity index (χ3v) is 10.7. The summed E-state index contributed by atoms with van der Waals surface area (Å²) in [5.74, 6) is -0.600. The van der Waals surface area contributed by atoms with Gasteiger partial charge in [-0.3, -0.25) is 4.79 Å². The van der Waals surface area contributed by atoms with E-state index in [0.29, 0.717) is 19.3 Å². The first kappa shape index (κ1) is 49.9. The Morgan fingerprint density at radius 1 is 0.623 bits per heavy atom. The van der Waals surface area contributed by atoms with Crippen LogP contribution in [0, 0.1) is 0 Å². The highest BCUT2D eigenvalue weighted by Gasteiger charge is 2.44. The highest BCUT2D eigenvalue weighted by atomic mass is 16.7. The zero-order valence-electron chi connectivity index (χ0n) is 33.9. The number of carbonyl (C=O) groups is 1. The van der Waals surface area contributed by atoms with Gasteiger partial charge in [0.05, 0.1) is 25.4 Å². The van der Waals surface area contributed by atoms with E-state index < -0.39 is 61.5 Å². The molecular formula is C43H83NO9. The van der Waals surface area contributed by atoms with Crippen molar-refractivity contribution in [2.75, 3.05) is 13.2 Å². The number of aliphatic hydroxyl groups excluding tert-OH is 6. The van der Waals surface area contributed by atoms with E-state index in [1.165, 1.54) is 116 Å². The Hall–Kier alpha value is -1.11. The predicted molar refractivity (Wildman–Crippen MR) is 213 cm³/mol. The second-order valence-corrected chi connectivity index (χ2v) is 15.6. The van der Waals surface area contributed by atoms with E-state index >= 15 is 0 Å². The molecule has 8 atom stereocenters. The van der Waals surface area contributed by atoms with Crippen LogP contribution in [0.1, 0.15) is 194 Å². The van der Waals surface area contributed by atoms with Crippen molar-refractivity contribution in [1.82, 2.24) is 5.32 Å². The summed E-state index contributed by atoms with van der Waals surface area (Å²) in [6, 6.07) is -0.897. The van der Waals surface area contributed by atoms with Gasteiger partial charge in [-0.15, -0.1) is 0 Å². The fourth-order valence-corrected chi connectivity index (χ4v) is 7.04. The van der Waals surface area contributed by atoms with Gasteiger partial charge in [-0.2, -0.15) is 0 Å². The fraction of sp³-hybridized carbons (Fsp3) is 0.930. The summed E-state index contributed by atoms with van der Waals surface area (Å²) in [7, 11) is 0. The number of allylic oxidation sites excluding steroid dienone is 2. The molecule has 1 fully saturated rings. The summed E-state index contributed by atoms with van der Waals surface area (Å²) >= 11 is 0. The molecule has 1 amide bonds. The van der Waals surface area contributed by atoms with Gasteiger partial charge in [0.1, 0.15) is 30.5 Å². The van der Waals surface area contributed by atoms with Crippen LogP contribution in [0.5, 0.6) is 0 Å². The lowest BCUT2D eigenvalue weighted by Crippen LogP contribution is -2.60. The van der Waals surface area contributed by atoms with Crippen LogP contribution in [0.3, 0.4) is 0 Å². The second-order valence-electron chi connectivity index (χ2n) is 15.6. The lowest BCUT2D eigenvalue weighted by Gasteiger charge is -2.40. The Balaban J connectivity index is 2.44. The van der Waals surface area contributed by atoms with Crippen LogP contribution in [-0.4, -0.2) is 98.7 Å². The maximum atomic E-state index is 13.0. The molecule has 0 radical (unpaired) electrons. The van der Waals surface area contributed by atoms with Crippen molar-refractivity contribution >= 4 is 5.91 Å². The van der Waals surface area contributed by atoms with Crippen molar-refractivity contribution in [3.05, 3.63) is 12.2 Å². The molecule has 8 unspecified atom stereocenters. The second kappa shape index (κ2) is 34.2. The van der Waals surface area contributed by atoms with E-state index in [2.05, 4.69) is 31.3 Å². The topological polar surface area (TPSA) is 169 Å². The van der Waals surface area contributed by atoms with Crippen LogP contribution < -0.4 is 5.32 Å². The Morgan fingerprint density at radius 2 is 1.06 bits per heavy atom. The number of unbranched alkanes of at least 4 members (excludes halogenated alkanes) is 23. The average Bonchev–Trinajstić information content (AvgIpc) is 3.16. The van der Waals surface area contributed by atoms with Crippen LogP contribution in [0.15, 0.2) is 12.2 Å². The molecule has 1 aliphatic rings. The van der Waals surface area contributed by atoms with Crippen molar-refractivity contribution in [3.8, 4) is 0 Å². The molecule has 10 nitrogen and oxygen atoms in total. The Labute approximate surface area is 323 Å². The lowest BCUT2D eigenvalue weighted by atomic mass is 9.99. The van der Waals surface area contributed by atoms with Crippen molar-refractivity contribution in [1.29, 1.82) is 0 Å². The van der Waals surface area contributed by atoms with Crippen LogP contribution in [0.4, 0.5) is 0 Å². The quantitative estimate of drug-likeness (QED) is 0.0252. The van der Waals surface area contributed by atoms with Gasteiger partial charge >= 0.3 is 0 Å². The molecule has 0 aromatic rings. The van der Waals surface area contributed by atoms with Gasteiger partial charge in [-0.25, -0.2) is 0 Å². The van der Waals surface area contributed by atoms with Gasteiger partial charge in [0.2, 0.25) is 5.91 Å². The summed E-state index contributed by atoms with van der Waals surface area (Å²) in [5, 5.41) is 64.7. The number of ether oxygens (including phenoxy) is 2. The molecule has 0 aliphatic carbocycles. The molecule has 0 bridgehead atoms. The predicted octanol–water partition coefficient (Wildman–Crippen LogP) is 7.53. The van der Waals surface area contributed by atoms with Gasteiger partial charge in [0.15, 0.2) is 6.29 Å². The van der Waals surface area contributed by atoms with Gasteiger partial charge < -0.3 is 45.4 Å². The van der Waals surface area contributed by atoms with E-state index in [0.717, 1.165) is 44.9 Å². The number of amides is 1. The van der Waals surface area contributed by atoms with Gasteiger partial charge in [0, 0.05) is 0 Å². The first-order chi connectivity index (χ1) is 25.8. The molecular weight excluding hydrogens is 674 g/mol. The van der Waals surface area contributed by atoms with Crippen molar-refractivity contribution in [2.45, 2.75) is 243 Å². The van der Waals surface area contributed by atoms with E-state index in [-0.39, 0.29) is 6.61 Å². The average molecular weight is 758 g/mol. The molecule has 0 aromatic carbocycles. The summed E-state index contributed by atoms with van der Waals surface area (Å²) < 4.78 is 11.2. The Kier molecular flexibility index (Phi) is 32.2. The summed E-state index contributed by atoms with van der Waals surface area (Å²) in [6.45, 7) is 3.64. The van der Waals surface area contributed by atoms with Crippen LogP contribution in [-0.2, 0) is 14.3 Å². The lowest BCUT2D eigenvalue weighted by molar-refractivity contribution is -0.302. The Morgan fingerprint density at radius 3 is 1.55 bits per heavy atom. The smallest absolute Gasteiger partial charge is 0.249 e. The third kappa shape index (κ3) is 24.9. The minimum absolute atomic E-state index is 0.259. The highest BCUT2D eigenvalue weighted by molar-refractivity contribution is 5.80. The van der Waals surface area contributed by atoms with Gasteiger partial charge in [-0.05, 0) is 38.5 Å². The van der Waals surface area contributed by atoms with E-state index in [1.807, 2.05) is 0 Å². The Bertz CT molecular complexity index is 860. The molecule has 10 heteroatoms. The van der Waals surface area contributed by atoms with Crippen LogP contribution in [0.25, 0.3) is 0 Å². The molecule has 1 aliphatic heterocycles. The zero-order chi connectivity index (χ0) is 38.9. The number of hydrogen-bond donors (Lipinski definition) is 7. The summed E-state index contributed by atoms with van der Waals surface area (Å²) in [5.41, 5.74) is 0. The zero-order valence-corrected chi connectivity index (χ0v) is 33.9. The maximum absolute atomic E-state index is 13.0. The van der Waals surface area contributed by atoms with E-state index in [4.69, 9.17) is 9.47 Å². The number of nitrogens with one attached hydrogen (secondary N) is 1. The first-order valence-corrected chi connectivity index (χ1v) is 22.0. The monoisotopic (exact) mass is 758 g/mol. The molecule has 314 valence electrons. The molecule has 7 N–H and O–H groups in total. The molecule has 0 saturated carbocycles. The summed E-state index contributed by atoms with van der Waals surface area (Å²) in [4.78, 5) is 13.0. The molecule has 1 rings (SSSR count). The molecule has 1 saturated heterocycles. The van der Waals surface area contributed by atoms with Crippen LogP contribution in [0.2, 0.25) is 0 Å². The van der Waals surface area contributed by atoms with Crippen LogP contribution >= 0.6 is 0 Å². The van der Waals surface area contributed by atoms with Crippen molar-refractivity contribution in [2.24, 2.45) is 0 Å². The normalized spacial score (nSPS) is 22.3. The number of aliphatic hydroxyl groups is 6. The van der Waals surface area contributed by atoms with Crippen molar-refractivity contribution < 1.29 is 44.9 Å². The van der Waals surface area contributed by atoms with Crippen molar-refractivity contribution in [3.63, 3.8) is 0 Å². The molecule has 0 aromatic heterocycles. The number of carbonyl (C=O) groups excluding carboxylic acids is 1. The van der Waals surface area contributed by atoms with E-state index in [9.17, 15) is 35.4 Å². The minimum atomic E-state index is -1.60. The van der Waals surface area contributed by atoms with E-state index in [1.54, 1.807) is 0 Å². The number of rotatable bonds is 36. The third-order valence-electron chi connectivity index (χ3n) is 10.7. The largest absolute Gasteiger partial charge is 0.394 e. The molecule has 53 heavy (non-hydrogen) atoms. The number of hydrogen-bond acceptors (Lipinski definition) is 9. The fourth-order valence-electron chi connectivity index (χ4n) is 7.04. The minimum Gasteiger partial charge on any atom is -0.394 e.